The van der Waals surface area contributed by atoms with Gasteiger partial charge in [-0.25, -0.2) is 8.78 Å². The highest BCUT2D eigenvalue weighted by molar-refractivity contribution is 5.23. The Bertz CT molecular complexity index is 298. The predicted molar refractivity (Wildman–Crippen MR) is 58.0 cm³/mol. The Morgan fingerprint density at radius 2 is 1.67 bits per heavy atom. The second-order valence-electron chi connectivity index (χ2n) is 4.65. The van der Waals surface area contributed by atoms with Crippen LogP contribution < -0.4 is 5.32 Å². The summed E-state index contributed by atoms with van der Waals surface area (Å²) in [4.78, 5) is 0. The second kappa shape index (κ2) is 4.71. The summed E-state index contributed by atoms with van der Waals surface area (Å²) in [5, 5.41) is 3.30. The fourth-order valence-corrected chi connectivity index (χ4v) is 1.15. The molecule has 1 N–H and O–H groups in total. The highest BCUT2D eigenvalue weighted by atomic mass is 19.3. The van der Waals surface area contributed by atoms with E-state index in [0.717, 1.165) is 5.56 Å². The van der Waals surface area contributed by atoms with Crippen molar-refractivity contribution in [2.24, 2.45) is 0 Å². The van der Waals surface area contributed by atoms with Crippen LogP contribution in [0.4, 0.5) is 8.78 Å². The third-order valence-corrected chi connectivity index (χ3v) is 2.05. The largest absolute Gasteiger partial charge is 0.308 e. The number of benzene rings is 1. The minimum absolute atomic E-state index is 0.0430. The van der Waals surface area contributed by atoms with Crippen LogP contribution in [0.25, 0.3) is 0 Å². The van der Waals surface area contributed by atoms with Crippen LogP contribution in [-0.4, -0.2) is 5.54 Å². The summed E-state index contributed by atoms with van der Waals surface area (Å²) in [6, 6.07) is 6.43. The molecule has 15 heavy (non-hydrogen) atoms. The lowest BCUT2D eigenvalue weighted by Crippen LogP contribution is -2.35. The average molecular weight is 213 g/mol. The number of alkyl halides is 2. The van der Waals surface area contributed by atoms with Crippen molar-refractivity contribution in [2.75, 3.05) is 0 Å². The SMILES string of the molecule is CC(C)(C)NCc1ccc(C(F)F)cc1. The summed E-state index contributed by atoms with van der Waals surface area (Å²) in [6.45, 7) is 6.91. The number of nitrogens with one attached hydrogen (secondary N) is 1. The fraction of sp³-hybridized carbons (Fsp3) is 0.500. The van der Waals surface area contributed by atoms with Crippen LogP contribution in [0.2, 0.25) is 0 Å². The molecule has 1 aromatic rings. The van der Waals surface area contributed by atoms with E-state index in [2.05, 4.69) is 26.1 Å². The highest BCUT2D eigenvalue weighted by Crippen LogP contribution is 2.18. The lowest BCUT2D eigenvalue weighted by molar-refractivity contribution is 0.151. The molecule has 1 aromatic carbocycles. The first kappa shape index (κ1) is 12.1. The van der Waals surface area contributed by atoms with E-state index in [0.29, 0.717) is 6.54 Å². The number of rotatable bonds is 3. The van der Waals surface area contributed by atoms with Crippen molar-refractivity contribution in [3.05, 3.63) is 35.4 Å². The normalized spacial score (nSPS) is 12.1. The molecule has 0 spiro atoms. The Morgan fingerprint density at radius 3 is 2.07 bits per heavy atom. The summed E-state index contributed by atoms with van der Waals surface area (Å²) in [5.74, 6) is 0. The van der Waals surface area contributed by atoms with E-state index < -0.39 is 6.43 Å². The molecule has 0 atom stereocenters. The first-order valence-corrected chi connectivity index (χ1v) is 5.00. The van der Waals surface area contributed by atoms with Crippen LogP contribution in [0, 0.1) is 0 Å². The van der Waals surface area contributed by atoms with Gasteiger partial charge in [0.05, 0.1) is 0 Å². The van der Waals surface area contributed by atoms with Crippen molar-refractivity contribution in [3.8, 4) is 0 Å². The molecule has 0 saturated carbocycles. The molecule has 0 amide bonds. The molecular weight excluding hydrogens is 196 g/mol. The van der Waals surface area contributed by atoms with Crippen molar-refractivity contribution in [3.63, 3.8) is 0 Å². The van der Waals surface area contributed by atoms with Gasteiger partial charge in [0, 0.05) is 17.6 Å². The van der Waals surface area contributed by atoms with E-state index in [9.17, 15) is 8.78 Å². The van der Waals surface area contributed by atoms with Gasteiger partial charge in [-0.05, 0) is 26.3 Å². The molecule has 0 heterocycles. The molecule has 0 fully saturated rings. The highest BCUT2D eigenvalue weighted by Gasteiger charge is 2.09. The number of halogens is 2. The van der Waals surface area contributed by atoms with Crippen LogP contribution in [0.1, 0.15) is 38.3 Å². The number of hydrogen-bond acceptors (Lipinski definition) is 1. The van der Waals surface area contributed by atoms with Crippen LogP contribution in [0.5, 0.6) is 0 Å². The first-order valence-electron chi connectivity index (χ1n) is 5.00. The van der Waals surface area contributed by atoms with Gasteiger partial charge in [0.1, 0.15) is 0 Å². The third-order valence-electron chi connectivity index (χ3n) is 2.05. The smallest absolute Gasteiger partial charge is 0.263 e. The molecule has 1 nitrogen and oxygen atoms in total. The van der Waals surface area contributed by atoms with Gasteiger partial charge < -0.3 is 5.32 Å². The Hall–Kier alpha value is -0.960. The van der Waals surface area contributed by atoms with Crippen LogP contribution in [0.15, 0.2) is 24.3 Å². The van der Waals surface area contributed by atoms with Crippen molar-refractivity contribution in [2.45, 2.75) is 39.3 Å². The molecule has 3 heteroatoms. The minimum atomic E-state index is -2.38. The Morgan fingerprint density at radius 1 is 1.13 bits per heavy atom. The average Bonchev–Trinajstić information content (AvgIpc) is 2.14. The summed E-state index contributed by atoms with van der Waals surface area (Å²) in [5.41, 5.74) is 1.14. The molecule has 0 aliphatic heterocycles. The van der Waals surface area contributed by atoms with Gasteiger partial charge in [0.25, 0.3) is 6.43 Å². The molecule has 0 aliphatic rings. The summed E-state index contributed by atoms with van der Waals surface area (Å²) < 4.78 is 24.5. The molecule has 0 unspecified atom stereocenters. The van der Waals surface area contributed by atoms with Crippen molar-refractivity contribution in [1.82, 2.24) is 5.32 Å². The van der Waals surface area contributed by atoms with Crippen molar-refractivity contribution in [1.29, 1.82) is 0 Å². The van der Waals surface area contributed by atoms with Crippen molar-refractivity contribution >= 4 is 0 Å². The first-order chi connectivity index (χ1) is 6.88. The lowest BCUT2D eigenvalue weighted by atomic mass is 10.1. The molecule has 1 rings (SSSR count). The summed E-state index contributed by atoms with van der Waals surface area (Å²) in [6.07, 6.45) is -2.38. The molecule has 84 valence electrons. The maximum Gasteiger partial charge on any atom is 0.263 e. The molecule has 0 aliphatic carbocycles. The Kier molecular flexibility index (Phi) is 3.80. The molecule has 0 saturated heterocycles. The second-order valence-corrected chi connectivity index (χ2v) is 4.65. The maximum atomic E-state index is 12.3. The van der Waals surface area contributed by atoms with E-state index in [-0.39, 0.29) is 11.1 Å². The Balaban J connectivity index is 2.57. The van der Waals surface area contributed by atoms with Crippen LogP contribution in [0.3, 0.4) is 0 Å². The van der Waals surface area contributed by atoms with Gasteiger partial charge in [0.2, 0.25) is 0 Å². The van der Waals surface area contributed by atoms with Crippen LogP contribution >= 0.6 is 0 Å². The topological polar surface area (TPSA) is 12.0 Å². The van der Waals surface area contributed by atoms with E-state index in [4.69, 9.17) is 0 Å². The monoisotopic (exact) mass is 213 g/mol. The quantitative estimate of drug-likeness (QED) is 0.810. The summed E-state index contributed by atoms with van der Waals surface area (Å²) >= 11 is 0. The molecule has 0 bridgehead atoms. The minimum Gasteiger partial charge on any atom is -0.308 e. The molecule has 0 aromatic heterocycles. The van der Waals surface area contributed by atoms with Gasteiger partial charge in [-0.1, -0.05) is 24.3 Å². The lowest BCUT2D eigenvalue weighted by Gasteiger charge is -2.20. The van der Waals surface area contributed by atoms with Crippen molar-refractivity contribution < 1.29 is 8.78 Å². The predicted octanol–water partition coefficient (Wildman–Crippen LogP) is 3.51. The van der Waals surface area contributed by atoms with Gasteiger partial charge in [-0.3, -0.25) is 0 Å². The van der Waals surface area contributed by atoms with Gasteiger partial charge >= 0.3 is 0 Å². The fourth-order valence-electron chi connectivity index (χ4n) is 1.15. The zero-order chi connectivity index (χ0) is 11.5. The van der Waals surface area contributed by atoms with E-state index in [1.54, 1.807) is 12.1 Å². The summed E-state index contributed by atoms with van der Waals surface area (Å²) in [7, 11) is 0. The Labute approximate surface area is 89.5 Å². The maximum absolute atomic E-state index is 12.3. The van der Waals surface area contributed by atoms with E-state index in [1.807, 2.05) is 0 Å². The molecule has 0 radical (unpaired) electrons. The van der Waals surface area contributed by atoms with Gasteiger partial charge in [-0.15, -0.1) is 0 Å². The van der Waals surface area contributed by atoms with E-state index >= 15 is 0 Å². The zero-order valence-corrected chi connectivity index (χ0v) is 9.35. The molecular formula is C12H17F2N. The number of hydrogen-bond donors (Lipinski definition) is 1. The van der Waals surface area contributed by atoms with Crippen LogP contribution in [-0.2, 0) is 6.54 Å². The van der Waals surface area contributed by atoms with Gasteiger partial charge in [-0.2, -0.15) is 0 Å². The standard InChI is InChI=1S/C12H17F2N/c1-12(2,3)15-8-9-4-6-10(7-5-9)11(13)14/h4-7,11,15H,8H2,1-3H3. The third kappa shape index (κ3) is 4.38. The van der Waals surface area contributed by atoms with Gasteiger partial charge in [0.15, 0.2) is 0 Å². The zero-order valence-electron chi connectivity index (χ0n) is 9.35. The van der Waals surface area contributed by atoms with E-state index in [1.165, 1.54) is 12.1 Å².